The van der Waals surface area contributed by atoms with Crippen molar-refractivity contribution in [2.45, 2.75) is 25.9 Å². The number of nitrogens with zero attached hydrogens (tertiary/aromatic N) is 3. The summed E-state index contributed by atoms with van der Waals surface area (Å²) in [5, 5.41) is 3.46. The van der Waals surface area contributed by atoms with E-state index in [0.717, 1.165) is 18.8 Å². The molecular formula is C11H17N5. The van der Waals surface area contributed by atoms with E-state index >= 15 is 0 Å². The van der Waals surface area contributed by atoms with Crippen LogP contribution in [0.1, 0.15) is 30.9 Å². The molecular weight excluding hydrogens is 202 g/mol. The Morgan fingerprint density at radius 2 is 2.44 bits per heavy atom. The van der Waals surface area contributed by atoms with Crippen molar-refractivity contribution in [3.05, 3.63) is 36.4 Å². The van der Waals surface area contributed by atoms with Crippen LogP contribution in [0, 0.1) is 0 Å². The molecule has 86 valence electrons. The van der Waals surface area contributed by atoms with Crippen molar-refractivity contribution in [1.29, 1.82) is 0 Å². The third-order valence-electron chi connectivity index (χ3n) is 2.70. The summed E-state index contributed by atoms with van der Waals surface area (Å²) in [5.41, 5.74) is 1.17. The van der Waals surface area contributed by atoms with Gasteiger partial charge in [-0.25, -0.2) is 9.97 Å². The number of rotatable bonds is 5. The second-order valence-electron chi connectivity index (χ2n) is 3.81. The number of aryl methyl sites for hydroxylation is 1. The van der Waals surface area contributed by atoms with E-state index in [1.165, 1.54) is 5.69 Å². The lowest BCUT2D eigenvalue weighted by Gasteiger charge is -2.14. The van der Waals surface area contributed by atoms with Crippen molar-refractivity contribution in [2.75, 3.05) is 0 Å². The minimum absolute atomic E-state index is 0.268. The zero-order valence-corrected chi connectivity index (χ0v) is 9.64. The highest BCUT2D eigenvalue weighted by Gasteiger charge is 2.11. The van der Waals surface area contributed by atoms with Crippen LogP contribution in [0.4, 0.5) is 0 Å². The van der Waals surface area contributed by atoms with Gasteiger partial charge in [0.25, 0.3) is 0 Å². The molecule has 0 aromatic carbocycles. The van der Waals surface area contributed by atoms with Crippen LogP contribution < -0.4 is 5.32 Å². The average molecular weight is 219 g/mol. The lowest BCUT2D eigenvalue weighted by Crippen LogP contribution is -2.22. The molecule has 0 aliphatic carbocycles. The molecule has 2 aromatic rings. The summed E-state index contributed by atoms with van der Waals surface area (Å²) in [6, 6.07) is 0.268. The highest BCUT2D eigenvalue weighted by Crippen LogP contribution is 2.12. The smallest absolute Gasteiger partial charge is 0.123 e. The van der Waals surface area contributed by atoms with Crippen LogP contribution in [-0.2, 0) is 13.6 Å². The molecule has 2 aromatic heterocycles. The topological polar surface area (TPSA) is 58.5 Å². The van der Waals surface area contributed by atoms with Gasteiger partial charge in [-0.05, 0) is 6.42 Å². The van der Waals surface area contributed by atoms with Crippen LogP contribution in [0.2, 0.25) is 0 Å². The molecule has 1 atom stereocenters. The molecule has 2 N–H and O–H groups in total. The summed E-state index contributed by atoms with van der Waals surface area (Å²) >= 11 is 0. The van der Waals surface area contributed by atoms with Crippen LogP contribution in [0.25, 0.3) is 0 Å². The first-order chi connectivity index (χ1) is 7.81. The minimum atomic E-state index is 0.268. The molecule has 0 aliphatic heterocycles. The molecule has 0 saturated heterocycles. The maximum Gasteiger partial charge on any atom is 0.123 e. The SMILES string of the molecule is CCC(NCc1cncn1C)c1ncc[nH]1. The lowest BCUT2D eigenvalue weighted by molar-refractivity contribution is 0.488. The molecule has 0 spiro atoms. The summed E-state index contributed by atoms with van der Waals surface area (Å²) in [6.45, 7) is 2.94. The molecule has 5 heteroatoms. The summed E-state index contributed by atoms with van der Waals surface area (Å²) in [6.07, 6.45) is 8.32. The van der Waals surface area contributed by atoms with Gasteiger partial charge in [0.2, 0.25) is 0 Å². The van der Waals surface area contributed by atoms with Crippen molar-refractivity contribution in [3.63, 3.8) is 0 Å². The van der Waals surface area contributed by atoms with E-state index < -0.39 is 0 Å². The Kier molecular flexibility index (Phi) is 3.36. The number of nitrogens with one attached hydrogen (secondary N) is 2. The molecule has 0 aliphatic rings. The number of H-pyrrole nitrogens is 1. The fourth-order valence-electron chi connectivity index (χ4n) is 1.69. The minimum Gasteiger partial charge on any atom is -0.347 e. The first kappa shape index (κ1) is 10.9. The Morgan fingerprint density at radius 1 is 1.56 bits per heavy atom. The highest BCUT2D eigenvalue weighted by atomic mass is 15.1. The van der Waals surface area contributed by atoms with Crippen LogP contribution >= 0.6 is 0 Å². The van der Waals surface area contributed by atoms with Crippen molar-refractivity contribution in [3.8, 4) is 0 Å². The van der Waals surface area contributed by atoms with Crippen molar-refractivity contribution in [1.82, 2.24) is 24.8 Å². The van der Waals surface area contributed by atoms with Gasteiger partial charge in [-0.2, -0.15) is 0 Å². The van der Waals surface area contributed by atoms with E-state index in [-0.39, 0.29) is 6.04 Å². The Morgan fingerprint density at radius 3 is 3.00 bits per heavy atom. The Bertz CT molecular complexity index is 417. The van der Waals surface area contributed by atoms with Gasteiger partial charge in [0.05, 0.1) is 18.1 Å². The summed E-state index contributed by atoms with van der Waals surface area (Å²) in [4.78, 5) is 11.5. The fraction of sp³-hybridized carbons (Fsp3) is 0.455. The number of imidazole rings is 2. The number of aromatic amines is 1. The number of aromatic nitrogens is 4. The molecule has 1 unspecified atom stereocenters. The van der Waals surface area contributed by atoms with Gasteiger partial charge in [0.15, 0.2) is 0 Å². The molecule has 0 radical (unpaired) electrons. The van der Waals surface area contributed by atoms with Crippen molar-refractivity contribution >= 4 is 0 Å². The molecule has 2 rings (SSSR count). The summed E-state index contributed by atoms with van der Waals surface area (Å²) in [5.74, 6) is 0.990. The van der Waals surface area contributed by atoms with Gasteiger partial charge in [0.1, 0.15) is 5.82 Å². The molecule has 0 fully saturated rings. The molecule has 16 heavy (non-hydrogen) atoms. The van der Waals surface area contributed by atoms with Crippen LogP contribution in [0.15, 0.2) is 24.9 Å². The van der Waals surface area contributed by atoms with Gasteiger partial charge < -0.3 is 14.9 Å². The van der Waals surface area contributed by atoms with Gasteiger partial charge >= 0.3 is 0 Å². The van der Waals surface area contributed by atoms with Gasteiger partial charge in [0, 0.05) is 32.2 Å². The first-order valence-corrected chi connectivity index (χ1v) is 5.49. The number of hydrogen-bond donors (Lipinski definition) is 2. The predicted molar refractivity (Wildman–Crippen MR) is 61.7 cm³/mol. The van der Waals surface area contributed by atoms with Crippen molar-refractivity contribution < 1.29 is 0 Å². The van der Waals surface area contributed by atoms with Crippen LogP contribution in [0.5, 0.6) is 0 Å². The monoisotopic (exact) mass is 219 g/mol. The molecule has 0 bridgehead atoms. The van der Waals surface area contributed by atoms with Gasteiger partial charge in [-0.1, -0.05) is 6.92 Å². The predicted octanol–water partition coefficient (Wildman–Crippen LogP) is 1.38. The molecule has 0 saturated carbocycles. The third kappa shape index (κ3) is 2.30. The zero-order chi connectivity index (χ0) is 11.4. The van der Waals surface area contributed by atoms with E-state index in [1.54, 1.807) is 6.20 Å². The zero-order valence-electron chi connectivity index (χ0n) is 9.64. The first-order valence-electron chi connectivity index (χ1n) is 5.49. The van der Waals surface area contributed by atoms with E-state index in [4.69, 9.17) is 0 Å². The van der Waals surface area contributed by atoms with E-state index in [9.17, 15) is 0 Å². The number of hydrogen-bond acceptors (Lipinski definition) is 3. The maximum atomic E-state index is 4.27. The quantitative estimate of drug-likeness (QED) is 0.798. The standard InChI is InChI=1S/C11H17N5/c1-3-10(11-13-4-5-14-11)15-7-9-6-12-8-16(9)2/h4-6,8,10,15H,3,7H2,1-2H3,(H,13,14). The van der Waals surface area contributed by atoms with Crippen LogP contribution in [0.3, 0.4) is 0 Å². The largest absolute Gasteiger partial charge is 0.347 e. The van der Waals surface area contributed by atoms with Gasteiger partial charge in [-0.3, -0.25) is 0 Å². The van der Waals surface area contributed by atoms with Gasteiger partial charge in [-0.15, -0.1) is 0 Å². The van der Waals surface area contributed by atoms with E-state index in [0.29, 0.717) is 0 Å². The molecule has 5 nitrogen and oxygen atoms in total. The average Bonchev–Trinajstić information content (AvgIpc) is 2.92. The maximum absolute atomic E-state index is 4.27. The highest BCUT2D eigenvalue weighted by molar-refractivity contribution is 5.00. The summed E-state index contributed by atoms with van der Waals surface area (Å²) < 4.78 is 2.02. The fourth-order valence-corrected chi connectivity index (χ4v) is 1.69. The molecule has 0 amide bonds. The molecule has 2 heterocycles. The van der Waals surface area contributed by atoms with E-state index in [2.05, 4.69) is 27.2 Å². The second-order valence-corrected chi connectivity index (χ2v) is 3.81. The van der Waals surface area contributed by atoms with Crippen molar-refractivity contribution in [2.24, 2.45) is 7.05 Å². The normalized spacial score (nSPS) is 12.9. The second kappa shape index (κ2) is 4.94. The Hall–Kier alpha value is -1.62. The lowest BCUT2D eigenvalue weighted by atomic mass is 10.2. The third-order valence-corrected chi connectivity index (χ3v) is 2.70. The summed E-state index contributed by atoms with van der Waals surface area (Å²) in [7, 11) is 2.00. The Labute approximate surface area is 94.9 Å². The Balaban J connectivity index is 1.96. The van der Waals surface area contributed by atoms with E-state index in [1.807, 2.05) is 30.3 Å². The van der Waals surface area contributed by atoms with Crippen LogP contribution in [-0.4, -0.2) is 19.5 Å².